The Morgan fingerprint density at radius 1 is 1.18 bits per heavy atom. The number of rotatable bonds is 5. The summed E-state index contributed by atoms with van der Waals surface area (Å²) in [6.07, 6.45) is 1.96. The fraction of sp³-hybridized carbons (Fsp3) is 0.278. The molecule has 0 aliphatic carbocycles. The quantitative estimate of drug-likeness (QED) is 0.682. The molecule has 22 heavy (non-hydrogen) atoms. The molecule has 1 aliphatic rings. The van der Waals surface area contributed by atoms with Crippen LogP contribution < -0.4 is 10.1 Å². The first-order chi connectivity index (χ1) is 10.8. The summed E-state index contributed by atoms with van der Waals surface area (Å²) < 4.78 is 11.0. The predicted octanol–water partition coefficient (Wildman–Crippen LogP) is 2.92. The molecular formula is C18H19NO3. The highest BCUT2D eigenvalue weighted by molar-refractivity contribution is 5.94. The zero-order valence-corrected chi connectivity index (χ0v) is 12.4. The van der Waals surface area contributed by atoms with Gasteiger partial charge in [0.1, 0.15) is 12.5 Å². The lowest BCUT2D eigenvalue weighted by Crippen LogP contribution is -2.26. The van der Waals surface area contributed by atoms with E-state index >= 15 is 0 Å². The highest BCUT2D eigenvalue weighted by atomic mass is 16.5. The second-order valence-corrected chi connectivity index (χ2v) is 5.26. The molecule has 0 saturated heterocycles. The third-order valence-electron chi connectivity index (χ3n) is 3.62. The van der Waals surface area contributed by atoms with Crippen LogP contribution in [-0.2, 0) is 17.8 Å². The van der Waals surface area contributed by atoms with Crippen LogP contribution >= 0.6 is 0 Å². The minimum Gasteiger partial charge on any atom is -0.493 e. The van der Waals surface area contributed by atoms with E-state index < -0.39 is 0 Å². The van der Waals surface area contributed by atoms with Gasteiger partial charge in [-0.2, -0.15) is 0 Å². The summed E-state index contributed by atoms with van der Waals surface area (Å²) in [6, 6.07) is 15.4. The molecule has 4 nitrogen and oxygen atoms in total. The second kappa shape index (κ2) is 7.09. The maximum absolute atomic E-state index is 12.1. The van der Waals surface area contributed by atoms with Crippen LogP contribution in [0.2, 0.25) is 0 Å². The molecule has 0 spiro atoms. The topological polar surface area (TPSA) is 47.6 Å². The molecule has 2 aromatic rings. The van der Waals surface area contributed by atoms with Gasteiger partial charge in [-0.15, -0.1) is 0 Å². The molecule has 114 valence electrons. The number of ether oxygens (including phenoxy) is 2. The maximum Gasteiger partial charge on any atom is 0.253 e. The molecule has 0 aromatic heterocycles. The smallest absolute Gasteiger partial charge is 0.253 e. The molecule has 0 unspecified atom stereocenters. The van der Waals surface area contributed by atoms with Crippen LogP contribution in [0.1, 0.15) is 27.9 Å². The van der Waals surface area contributed by atoms with E-state index in [1.807, 2.05) is 42.5 Å². The summed E-state index contributed by atoms with van der Waals surface area (Å²) in [5, 5.41) is 2.77. The van der Waals surface area contributed by atoms with Gasteiger partial charge in [0.2, 0.25) is 0 Å². The van der Waals surface area contributed by atoms with Crippen molar-refractivity contribution in [3.63, 3.8) is 0 Å². The van der Waals surface area contributed by atoms with E-state index in [9.17, 15) is 4.79 Å². The SMILES string of the molecule is O=C(NCOCc1ccccc1)c1ccc2c(c1)CCCO2. The average molecular weight is 297 g/mol. The van der Waals surface area contributed by atoms with Crippen molar-refractivity contribution >= 4 is 5.91 Å². The van der Waals surface area contributed by atoms with Crippen LogP contribution in [0.15, 0.2) is 48.5 Å². The van der Waals surface area contributed by atoms with E-state index in [1.165, 1.54) is 0 Å². The Hall–Kier alpha value is -2.33. The molecule has 1 N–H and O–H groups in total. The van der Waals surface area contributed by atoms with Gasteiger partial charge in [0.25, 0.3) is 5.91 Å². The normalized spacial score (nSPS) is 13.1. The second-order valence-electron chi connectivity index (χ2n) is 5.26. The third-order valence-corrected chi connectivity index (χ3v) is 3.62. The van der Waals surface area contributed by atoms with Crippen LogP contribution in [0, 0.1) is 0 Å². The summed E-state index contributed by atoms with van der Waals surface area (Å²) >= 11 is 0. The molecular weight excluding hydrogens is 278 g/mol. The van der Waals surface area contributed by atoms with Gasteiger partial charge in [0, 0.05) is 5.56 Å². The fourth-order valence-corrected chi connectivity index (χ4v) is 2.46. The minimum atomic E-state index is -0.124. The molecule has 0 radical (unpaired) electrons. The molecule has 1 aliphatic heterocycles. The van der Waals surface area contributed by atoms with Crippen molar-refractivity contribution in [1.82, 2.24) is 5.32 Å². The molecule has 2 aromatic carbocycles. The summed E-state index contributed by atoms with van der Waals surface area (Å²) in [4.78, 5) is 12.1. The number of carbonyl (C=O) groups excluding carboxylic acids is 1. The van der Waals surface area contributed by atoms with Gasteiger partial charge in [0.05, 0.1) is 13.2 Å². The Balaban J connectivity index is 1.49. The van der Waals surface area contributed by atoms with E-state index in [4.69, 9.17) is 9.47 Å². The standard InChI is InChI=1S/C18H19NO3/c20-18(19-13-21-12-14-5-2-1-3-6-14)16-8-9-17-15(11-16)7-4-10-22-17/h1-3,5-6,8-9,11H,4,7,10,12-13H2,(H,19,20). The molecule has 3 rings (SSSR count). The fourth-order valence-electron chi connectivity index (χ4n) is 2.46. The number of benzene rings is 2. The Kier molecular flexibility index (Phi) is 4.71. The van der Waals surface area contributed by atoms with E-state index in [1.54, 1.807) is 6.07 Å². The van der Waals surface area contributed by atoms with Crippen molar-refractivity contribution in [2.75, 3.05) is 13.3 Å². The Morgan fingerprint density at radius 3 is 2.91 bits per heavy atom. The monoisotopic (exact) mass is 297 g/mol. The number of hydrogen-bond donors (Lipinski definition) is 1. The molecule has 0 bridgehead atoms. The molecule has 4 heteroatoms. The summed E-state index contributed by atoms with van der Waals surface area (Å²) in [5.41, 5.74) is 2.83. The van der Waals surface area contributed by atoms with Gasteiger partial charge in [0.15, 0.2) is 0 Å². The van der Waals surface area contributed by atoms with E-state index in [0.29, 0.717) is 12.2 Å². The van der Waals surface area contributed by atoms with Crippen molar-refractivity contribution in [2.45, 2.75) is 19.4 Å². The van der Waals surface area contributed by atoms with E-state index in [-0.39, 0.29) is 12.6 Å². The molecule has 1 heterocycles. The van der Waals surface area contributed by atoms with Crippen molar-refractivity contribution in [2.24, 2.45) is 0 Å². The first-order valence-corrected chi connectivity index (χ1v) is 7.48. The van der Waals surface area contributed by atoms with Crippen molar-refractivity contribution < 1.29 is 14.3 Å². The molecule has 1 amide bonds. The molecule has 0 fully saturated rings. The first-order valence-electron chi connectivity index (χ1n) is 7.48. The Bertz CT molecular complexity index is 640. The van der Waals surface area contributed by atoms with Gasteiger partial charge < -0.3 is 14.8 Å². The Labute approximate surface area is 130 Å². The molecule has 0 atom stereocenters. The number of carbonyl (C=O) groups is 1. The highest BCUT2D eigenvalue weighted by Gasteiger charge is 2.13. The lowest BCUT2D eigenvalue weighted by atomic mass is 10.0. The summed E-state index contributed by atoms with van der Waals surface area (Å²) in [5.74, 6) is 0.768. The first kappa shape index (κ1) is 14.6. The van der Waals surface area contributed by atoms with Gasteiger partial charge >= 0.3 is 0 Å². The minimum absolute atomic E-state index is 0.124. The van der Waals surface area contributed by atoms with Gasteiger partial charge in [-0.1, -0.05) is 30.3 Å². The summed E-state index contributed by atoms with van der Waals surface area (Å²) in [6.45, 7) is 1.44. The average Bonchev–Trinajstić information content (AvgIpc) is 2.59. The maximum atomic E-state index is 12.1. The van der Waals surface area contributed by atoms with Gasteiger partial charge in [-0.3, -0.25) is 4.79 Å². The predicted molar refractivity (Wildman–Crippen MR) is 83.8 cm³/mol. The van der Waals surface area contributed by atoms with Crippen LogP contribution in [-0.4, -0.2) is 19.2 Å². The number of hydrogen-bond acceptors (Lipinski definition) is 3. The number of nitrogens with one attached hydrogen (secondary N) is 1. The van der Waals surface area contributed by atoms with Crippen molar-refractivity contribution in [3.05, 3.63) is 65.2 Å². The van der Waals surface area contributed by atoms with Gasteiger partial charge in [-0.25, -0.2) is 0 Å². The lowest BCUT2D eigenvalue weighted by Gasteiger charge is -2.17. The van der Waals surface area contributed by atoms with Crippen molar-refractivity contribution in [1.29, 1.82) is 0 Å². The van der Waals surface area contributed by atoms with Crippen LogP contribution in [0.5, 0.6) is 5.75 Å². The van der Waals surface area contributed by atoms with E-state index in [2.05, 4.69) is 5.32 Å². The van der Waals surface area contributed by atoms with Crippen LogP contribution in [0.3, 0.4) is 0 Å². The lowest BCUT2D eigenvalue weighted by molar-refractivity contribution is 0.0751. The molecule has 0 saturated carbocycles. The zero-order chi connectivity index (χ0) is 15.2. The van der Waals surface area contributed by atoms with Crippen molar-refractivity contribution in [3.8, 4) is 5.75 Å². The zero-order valence-electron chi connectivity index (χ0n) is 12.4. The summed E-state index contributed by atoms with van der Waals surface area (Å²) in [7, 11) is 0. The Morgan fingerprint density at radius 2 is 2.05 bits per heavy atom. The highest BCUT2D eigenvalue weighted by Crippen LogP contribution is 2.25. The third kappa shape index (κ3) is 3.65. The number of fused-ring (bicyclic) bond motifs is 1. The van der Waals surface area contributed by atoms with E-state index in [0.717, 1.165) is 36.3 Å². The number of amides is 1. The van der Waals surface area contributed by atoms with Crippen LogP contribution in [0.4, 0.5) is 0 Å². The van der Waals surface area contributed by atoms with Gasteiger partial charge in [-0.05, 0) is 42.2 Å². The number of aryl methyl sites for hydroxylation is 1. The van der Waals surface area contributed by atoms with Crippen LogP contribution in [0.25, 0.3) is 0 Å². The largest absolute Gasteiger partial charge is 0.493 e.